The molecule has 0 amide bonds. The van der Waals surface area contributed by atoms with Gasteiger partial charge < -0.3 is 9.72 Å². The maximum Gasteiger partial charge on any atom is 0.189 e. The maximum absolute atomic E-state index is 12.5. The molecule has 0 saturated carbocycles. The van der Waals surface area contributed by atoms with Crippen LogP contribution in [-0.2, 0) is 13.1 Å². The van der Waals surface area contributed by atoms with Gasteiger partial charge in [-0.05, 0) is 49.7 Å². The summed E-state index contributed by atoms with van der Waals surface area (Å²) in [6, 6.07) is 13.8. The van der Waals surface area contributed by atoms with Crippen LogP contribution in [0.5, 0.6) is 5.75 Å². The number of rotatable bonds is 5. The zero-order valence-electron chi connectivity index (χ0n) is 15.2. The first-order chi connectivity index (χ1) is 12.0. The number of aryl methyl sites for hydroxylation is 2. The highest BCUT2D eigenvalue weighted by Crippen LogP contribution is 2.18. The first kappa shape index (κ1) is 17.2. The Bertz CT molecular complexity index is 943. The summed E-state index contributed by atoms with van der Waals surface area (Å²) in [5, 5.41) is 0.793. The largest absolute Gasteiger partial charge is 0.497 e. The Morgan fingerprint density at radius 1 is 1.00 bits per heavy atom. The minimum Gasteiger partial charge on any atom is -0.497 e. The molecule has 3 aromatic rings. The van der Waals surface area contributed by atoms with Crippen molar-refractivity contribution in [2.24, 2.45) is 0 Å². The second-order valence-electron chi connectivity index (χ2n) is 6.63. The fourth-order valence-corrected chi connectivity index (χ4v) is 3.19. The fourth-order valence-electron chi connectivity index (χ4n) is 3.19. The Balaban J connectivity index is 1.82. The summed E-state index contributed by atoms with van der Waals surface area (Å²) in [6.45, 7) is 5.50. The van der Waals surface area contributed by atoms with E-state index < -0.39 is 0 Å². The zero-order chi connectivity index (χ0) is 18.0. The van der Waals surface area contributed by atoms with E-state index in [-0.39, 0.29) is 5.43 Å². The quantitative estimate of drug-likeness (QED) is 0.771. The summed E-state index contributed by atoms with van der Waals surface area (Å²) in [5.41, 5.74) is 5.28. The van der Waals surface area contributed by atoms with Gasteiger partial charge in [0, 0.05) is 30.2 Å². The third kappa shape index (κ3) is 3.74. The second-order valence-corrected chi connectivity index (χ2v) is 6.63. The van der Waals surface area contributed by atoms with Gasteiger partial charge in [0.05, 0.1) is 12.6 Å². The smallest absolute Gasteiger partial charge is 0.189 e. The molecule has 0 saturated heterocycles. The third-order valence-corrected chi connectivity index (χ3v) is 4.51. The highest BCUT2D eigenvalue weighted by molar-refractivity contribution is 5.84. The molecule has 0 bridgehead atoms. The topological polar surface area (TPSA) is 45.3 Å². The highest BCUT2D eigenvalue weighted by Gasteiger charge is 2.09. The van der Waals surface area contributed by atoms with Gasteiger partial charge in [-0.3, -0.25) is 9.69 Å². The van der Waals surface area contributed by atoms with Crippen LogP contribution < -0.4 is 10.2 Å². The van der Waals surface area contributed by atoms with Crippen LogP contribution >= 0.6 is 0 Å². The van der Waals surface area contributed by atoms with Crippen molar-refractivity contribution in [2.45, 2.75) is 26.9 Å². The molecule has 1 aromatic heterocycles. The van der Waals surface area contributed by atoms with Crippen molar-refractivity contribution >= 4 is 10.9 Å². The summed E-state index contributed by atoms with van der Waals surface area (Å²) in [4.78, 5) is 18.2. The van der Waals surface area contributed by atoms with Crippen molar-refractivity contribution in [1.29, 1.82) is 0 Å². The molecule has 1 N–H and O–H groups in total. The van der Waals surface area contributed by atoms with Crippen molar-refractivity contribution in [1.82, 2.24) is 9.88 Å². The number of fused-ring (bicyclic) bond motifs is 1. The zero-order valence-corrected chi connectivity index (χ0v) is 15.2. The van der Waals surface area contributed by atoms with Crippen LogP contribution in [0.25, 0.3) is 10.9 Å². The lowest BCUT2D eigenvalue weighted by atomic mass is 10.0. The molecule has 130 valence electrons. The van der Waals surface area contributed by atoms with E-state index in [2.05, 4.69) is 35.1 Å². The average molecular weight is 336 g/mol. The van der Waals surface area contributed by atoms with Crippen LogP contribution in [0.2, 0.25) is 0 Å². The monoisotopic (exact) mass is 336 g/mol. The van der Waals surface area contributed by atoms with Crippen molar-refractivity contribution in [3.8, 4) is 5.75 Å². The molecule has 4 nitrogen and oxygen atoms in total. The van der Waals surface area contributed by atoms with Gasteiger partial charge in [-0.1, -0.05) is 24.3 Å². The fraction of sp³-hybridized carbons (Fsp3) is 0.286. The van der Waals surface area contributed by atoms with E-state index in [1.807, 2.05) is 32.0 Å². The number of methoxy groups -OCH3 is 1. The van der Waals surface area contributed by atoms with Crippen molar-refractivity contribution in [3.05, 3.63) is 75.1 Å². The van der Waals surface area contributed by atoms with Gasteiger partial charge in [0.25, 0.3) is 0 Å². The van der Waals surface area contributed by atoms with Gasteiger partial charge in [0.2, 0.25) is 0 Å². The van der Waals surface area contributed by atoms with Gasteiger partial charge in [-0.2, -0.15) is 0 Å². The number of aromatic amines is 1. The molecule has 3 rings (SSSR count). The molecule has 0 aliphatic carbocycles. The normalized spacial score (nSPS) is 11.2. The SMILES string of the molecule is COc1ccc(CN(C)Cc2cc(=O)c3c(C)ccc(C)c3[nH]2)cc1. The molecule has 0 fully saturated rings. The molecule has 4 heteroatoms. The predicted octanol–water partition coefficient (Wildman–Crippen LogP) is 3.79. The van der Waals surface area contributed by atoms with E-state index in [4.69, 9.17) is 4.74 Å². The Hall–Kier alpha value is -2.59. The minimum atomic E-state index is 0.0859. The lowest BCUT2D eigenvalue weighted by molar-refractivity contribution is 0.315. The van der Waals surface area contributed by atoms with Crippen molar-refractivity contribution < 1.29 is 4.74 Å². The van der Waals surface area contributed by atoms with Crippen molar-refractivity contribution in [2.75, 3.05) is 14.2 Å². The summed E-state index contributed by atoms with van der Waals surface area (Å²) in [5.74, 6) is 0.858. The van der Waals surface area contributed by atoms with Gasteiger partial charge in [0.1, 0.15) is 5.75 Å². The van der Waals surface area contributed by atoms with Crippen LogP contribution in [0.15, 0.2) is 47.3 Å². The van der Waals surface area contributed by atoms with E-state index >= 15 is 0 Å². The number of benzene rings is 2. The first-order valence-corrected chi connectivity index (χ1v) is 8.41. The lowest BCUT2D eigenvalue weighted by Crippen LogP contribution is -2.19. The average Bonchev–Trinajstić information content (AvgIpc) is 2.58. The second kappa shape index (κ2) is 7.11. The van der Waals surface area contributed by atoms with E-state index in [9.17, 15) is 4.79 Å². The summed E-state index contributed by atoms with van der Waals surface area (Å²) in [6.07, 6.45) is 0. The number of nitrogens with one attached hydrogen (secondary N) is 1. The highest BCUT2D eigenvalue weighted by atomic mass is 16.5. The lowest BCUT2D eigenvalue weighted by Gasteiger charge is -2.18. The summed E-state index contributed by atoms with van der Waals surface area (Å²) in [7, 11) is 3.72. The standard InChI is InChI=1S/C21H24N2O2/c1-14-5-6-15(2)21-20(14)19(24)11-17(22-21)13-23(3)12-16-7-9-18(25-4)10-8-16/h5-11H,12-13H2,1-4H3,(H,22,24). The van der Waals surface area contributed by atoms with Gasteiger partial charge >= 0.3 is 0 Å². The Morgan fingerprint density at radius 3 is 2.36 bits per heavy atom. The number of aromatic nitrogens is 1. The summed E-state index contributed by atoms with van der Waals surface area (Å²) < 4.78 is 5.19. The molecular formula is C21H24N2O2. The van der Waals surface area contributed by atoms with Crippen LogP contribution in [0.4, 0.5) is 0 Å². The summed E-state index contributed by atoms with van der Waals surface area (Å²) >= 11 is 0. The van der Waals surface area contributed by atoms with Crippen molar-refractivity contribution in [3.63, 3.8) is 0 Å². The third-order valence-electron chi connectivity index (χ3n) is 4.51. The van der Waals surface area contributed by atoms with E-state index in [0.29, 0.717) is 6.54 Å². The molecule has 0 aliphatic rings. The Morgan fingerprint density at radius 2 is 1.68 bits per heavy atom. The van der Waals surface area contributed by atoms with Gasteiger partial charge in [-0.25, -0.2) is 0 Å². The minimum absolute atomic E-state index is 0.0859. The number of nitrogens with zero attached hydrogens (tertiary/aromatic N) is 1. The number of H-pyrrole nitrogens is 1. The molecule has 0 radical (unpaired) electrons. The van der Waals surface area contributed by atoms with Gasteiger partial charge in [0.15, 0.2) is 5.43 Å². The molecular weight excluding hydrogens is 312 g/mol. The molecule has 0 unspecified atom stereocenters. The molecule has 2 aromatic carbocycles. The van der Waals surface area contributed by atoms with Crippen LogP contribution in [-0.4, -0.2) is 24.0 Å². The molecule has 1 heterocycles. The number of ether oxygens (including phenoxy) is 1. The first-order valence-electron chi connectivity index (χ1n) is 8.41. The number of hydrogen-bond donors (Lipinski definition) is 1. The Labute approximate surface area is 148 Å². The molecule has 0 aliphatic heterocycles. The number of pyridine rings is 1. The maximum atomic E-state index is 12.5. The van der Waals surface area contributed by atoms with Crippen LogP contribution in [0.1, 0.15) is 22.4 Å². The van der Waals surface area contributed by atoms with Gasteiger partial charge in [-0.15, -0.1) is 0 Å². The van der Waals surface area contributed by atoms with E-state index in [0.717, 1.165) is 40.0 Å². The number of hydrogen-bond acceptors (Lipinski definition) is 3. The molecule has 0 spiro atoms. The predicted molar refractivity (Wildman–Crippen MR) is 102 cm³/mol. The van der Waals surface area contributed by atoms with E-state index in [1.54, 1.807) is 13.2 Å². The Kier molecular flexibility index (Phi) is 4.91. The molecule has 25 heavy (non-hydrogen) atoms. The van der Waals surface area contributed by atoms with E-state index in [1.165, 1.54) is 5.56 Å². The van der Waals surface area contributed by atoms with Crippen LogP contribution in [0, 0.1) is 13.8 Å². The van der Waals surface area contributed by atoms with Crippen LogP contribution in [0.3, 0.4) is 0 Å². The molecule has 0 atom stereocenters.